The van der Waals surface area contributed by atoms with E-state index >= 15 is 0 Å². The number of rotatable bonds is 8. The summed E-state index contributed by atoms with van der Waals surface area (Å²) >= 11 is 1.21. The number of carbonyl (C=O) groups excluding carboxylic acids is 3. The van der Waals surface area contributed by atoms with Crippen molar-refractivity contribution in [2.75, 3.05) is 10.6 Å². The van der Waals surface area contributed by atoms with E-state index in [0.717, 1.165) is 0 Å². The van der Waals surface area contributed by atoms with Crippen LogP contribution in [0.3, 0.4) is 0 Å². The summed E-state index contributed by atoms with van der Waals surface area (Å²) in [5, 5.41) is 7.39. The van der Waals surface area contributed by atoms with Crippen LogP contribution >= 0.6 is 11.3 Å². The standard InChI is InChI=1S/C22H17N5O5S/c23-20(29)13-3-1-4-16(9-13)32-19-7-6-14(11-24-19)25-18(28)10-15-12-33-22(26-15)27-21(30)17-5-2-8-31-17/h1-9,11-12H,10H2,(H2,23,29)(H,25,28)(H,26,27,30). The SMILES string of the molecule is NC(=O)c1cccc(Oc2ccc(NC(=O)Cc3csc(NC(=O)c4ccco4)n3)cn2)c1. The Morgan fingerprint density at radius 3 is 2.70 bits per heavy atom. The lowest BCUT2D eigenvalue weighted by molar-refractivity contribution is -0.115. The van der Waals surface area contributed by atoms with Gasteiger partial charge in [-0.05, 0) is 36.4 Å². The number of nitrogens with zero attached hydrogens (tertiary/aromatic N) is 2. The Hall–Kier alpha value is -4.51. The molecule has 0 atom stereocenters. The molecular weight excluding hydrogens is 446 g/mol. The van der Waals surface area contributed by atoms with Crippen molar-refractivity contribution >= 4 is 39.9 Å². The Labute approximate surface area is 191 Å². The van der Waals surface area contributed by atoms with Gasteiger partial charge in [-0.2, -0.15) is 0 Å². The number of primary amides is 1. The predicted molar refractivity (Wildman–Crippen MR) is 120 cm³/mol. The van der Waals surface area contributed by atoms with Crippen molar-refractivity contribution in [3.63, 3.8) is 0 Å². The minimum Gasteiger partial charge on any atom is -0.459 e. The van der Waals surface area contributed by atoms with Gasteiger partial charge >= 0.3 is 0 Å². The molecule has 0 fully saturated rings. The van der Waals surface area contributed by atoms with E-state index in [1.54, 1.807) is 47.8 Å². The molecule has 10 nitrogen and oxygen atoms in total. The van der Waals surface area contributed by atoms with Gasteiger partial charge in [-0.15, -0.1) is 11.3 Å². The van der Waals surface area contributed by atoms with Crippen LogP contribution in [0.2, 0.25) is 0 Å². The number of amides is 3. The van der Waals surface area contributed by atoms with Crippen LogP contribution in [0.5, 0.6) is 11.6 Å². The molecule has 1 aromatic carbocycles. The fraction of sp³-hybridized carbons (Fsp3) is 0.0455. The summed E-state index contributed by atoms with van der Waals surface area (Å²) < 4.78 is 10.6. The van der Waals surface area contributed by atoms with Crippen LogP contribution in [0.1, 0.15) is 26.6 Å². The van der Waals surface area contributed by atoms with E-state index in [2.05, 4.69) is 20.6 Å². The molecule has 0 bridgehead atoms. The average Bonchev–Trinajstić information content (AvgIpc) is 3.48. The molecule has 166 valence electrons. The highest BCUT2D eigenvalue weighted by molar-refractivity contribution is 7.14. The fourth-order valence-electron chi connectivity index (χ4n) is 2.73. The van der Waals surface area contributed by atoms with Crippen LogP contribution in [-0.2, 0) is 11.2 Å². The summed E-state index contributed by atoms with van der Waals surface area (Å²) in [6.07, 6.45) is 2.87. The topological polar surface area (TPSA) is 149 Å². The highest BCUT2D eigenvalue weighted by Crippen LogP contribution is 2.22. The molecule has 4 rings (SSSR count). The normalized spacial score (nSPS) is 10.4. The molecule has 0 aliphatic rings. The van der Waals surface area contributed by atoms with Crippen molar-refractivity contribution in [1.82, 2.24) is 9.97 Å². The largest absolute Gasteiger partial charge is 0.459 e. The lowest BCUT2D eigenvalue weighted by Gasteiger charge is -2.07. The van der Waals surface area contributed by atoms with Gasteiger partial charge in [-0.3, -0.25) is 19.7 Å². The summed E-state index contributed by atoms with van der Waals surface area (Å²) in [4.78, 5) is 44.0. The minimum atomic E-state index is -0.557. The molecule has 4 N–H and O–H groups in total. The molecule has 0 unspecified atom stereocenters. The van der Waals surface area contributed by atoms with Gasteiger partial charge in [0.25, 0.3) is 5.91 Å². The zero-order valence-electron chi connectivity index (χ0n) is 17.0. The Balaban J connectivity index is 1.30. The summed E-state index contributed by atoms with van der Waals surface area (Å²) in [5.41, 5.74) is 6.57. The van der Waals surface area contributed by atoms with Gasteiger partial charge in [0, 0.05) is 17.0 Å². The number of benzene rings is 1. The number of carbonyl (C=O) groups is 3. The number of furan rings is 1. The number of aromatic nitrogens is 2. The molecule has 3 aromatic heterocycles. The molecule has 4 aromatic rings. The van der Waals surface area contributed by atoms with Crippen molar-refractivity contribution in [1.29, 1.82) is 0 Å². The van der Waals surface area contributed by atoms with Crippen LogP contribution in [-0.4, -0.2) is 27.7 Å². The third-order valence-electron chi connectivity index (χ3n) is 4.22. The van der Waals surface area contributed by atoms with Crippen LogP contribution in [0.15, 0.2) is 70.8 Å². The zero-order valence-corrected chi connectivity index (χ0v) is 17.8. The van der Waals surface area contributed by atoms with Gasteiger partial charge in [0.15, 0.2) is 10.9 Å². The Morgan fingerprint density at radius 2 is 1.97 bits per heavy atom. The van der Waals surface area contributed by atoms with Crippen molar-refractivity contribution < 1.29 is 23.5 Å². The second kappa shape index (κ2) is 9.75. The Kier molecular flexibility index (Phi) is 6.41. The number of hydrogen-bond donors (Lipinski definition) is 3. The molecule has 33 heavy (non-hydrogen) atoms. The van der Waals surface area contributed by atoms with Crippen molar-refractivity contribution in [3.05, 3.63) is 83.4 Å². The molecule has 3 amide bonds. The molecule has 0 saturated heterocycles. The summed E-state index contributed by atoms with van der Waals surface area (Å²) in [7, 11) is 0. The summed E-state index contributed by atoms with van der Waals surface area (Å²) in [6, 6.07) is 12.8. The number of nitrogens with two attached hydrogens (primary N) is 1. The summed E-state index contributed by atoms with van der Waals surface area (Å²) in [6.45, 7) is 0. The number of nitrogens with one attached hydrogen (secondary N) is 2. The van der Waals surface area contributed by atoms with E-state index < -0.39 is 11.8 Å². The van der Waals surface area contributed by atoms with Crippen molar-refractivity contribution in [2.24, 2.45) is 5.73 Å². The quantitative estimate of drug-likeness (QED) is 0.362. The second-order valence-corrected chi connectivity index (χ2v) is 7.54. The van der Waals surface area contributed by atoms with Gasteiger partial charge in [0.05, 0.1) is 30.3 Å². The van der Waals surface area contributed by atoms with Crippen molar-refractivity contribution in [3.8, 4) is 11.6 Å². The Morgan fingerprint density at radius 1 is 1.09 bits per heavy atom. The lowest BCUT2D eigenvalue weighted by atomic mass is 10.2. The predicted octanol–water partition coefficient (Wildman–Crippen LogP) is 3.46. The fourth-order valence-corrected chi connectivity index (χ4v) is 3.44. The van der Waals surface area contributed by atoms with Crippen LogP contribution < -0.4 is 21.1 Å². The molecule has 0 radical (unpaired) electrons. The number of ether oxygens (including phenoxy) is 1. The van der Waals surface area contributed by atoms with E-state index in [0.29, 0.717) is 27.8 Å². The highest BCUT2D eigenvalue weighted by Gasteiger charge is 2.13. The first-order valence-corrected chi connectivity index (χ1v) is 10.5. The van der Waals surface area contributed by atoms with Gasteiger partial charge in [-0.1, -0.05) is 6.07 Å². The van der Waals surface area contributed by atoms with E-state index in [1.165, 1.54) is 29.9 Å². The van der Waals surface area contributed by atoms with E-state index in [4.69, 9.17) is 14.9 Å². The molecule has 3 heterocycles. The minimum absolute atomic E-state index is 0.0191. The van der Waals surface area contributed by atoms with Crippen LogP contribution in [0, 0.1) is 0 Å². The molecule has 0 spiro atoms. The second-order valence-electron chi connectivity index (χ2n) is 6.68. The average molecular weight is 463 g/mol. The lowest BCUT2D eigenvalue weighted by Crippen LogP contribution is -2.15. The number of hydrogen-bond acceptors (Lipinski definition) is 8. The first-order chi connectivity index (χ1) is 16.0. The van der Waals surface area contributed by atoms with Gasteiger partial charge < -0.3 is 20.2 Å². The number of anilines is 2. The van der Waals surface area contributed by atoms with Gasteiger partial charge in [0.1, 0.15) is 5.75 Å². The van der Waals surface area contributed by atoms with Crippen LogP contribution in [0.4, 0.5) is 10.8 Å². The molecule has 0 saturated carbocycles. The van der Waals surface area contributed by atoms with Crippen LogP contribution in [0.25, 0.3) is 0 Å². The third kappa shape index (κ3) is 5.80. The highest BCUT2D eigenvalue weighted by atomic mass is 32.1. The van der Waals surface area contributed by atoms with E-state index in [9.17, 15) is 14.4 Å². The molecule has 0 aliphatic heterocycles. The molecule has 11 heteroatoms. The first-order valence-electron chi connectivity index (χ1n) is 9.59. The van der Waals surface area contributed by atoms with Gasteiger partial charge in [0.2, 0.25) is 17.7 Å². The van der Waals surface area contributed by atoms with E-state index in [-0.39, 0.29) is 24.0 Å². The summed E-state index contributed by atoms with van der Waals surface area (Å²) in [5.74, 6) is -0.405. The zero-order chi connectivity index (χ0) is 23.2. The molecular formula is C22H17N5O5S. The monoisotopic (exact) mass is 463 g/mol. The van der Waals surface area contributed by atoms with E-state index in [1.807, 2.05) is 0 Å². The van der Waals surface area contributed by atoms with Gasteiger partial charge in [-0.25, -0.2) is 9.97 Å². The first kappa shape index (κ1) is 21.7. The molecule has 0 aliphatic carbocycles. The Bertz CT molecular complexity index is 1280. The number of thiazole rings is 1. The number of pyridine rings is 1. The maximum atomic E-state index is 12.3. The smallest absolute Gasteiger partial charge is 0.293 e. The maximum absolute atomic E-state index is 12.3. The third-order valence-corrected chi connectivity index (χ3v) is 5.03. The maximum Gasteiger partial charge on any atom is 0.293 e. The van der Waals surface area contributed by atoms with Crippen molar-refractivity contribution in [2.45, 2.75) is 6.42 Å².